The summed E-state index contributed by atoms with van der Waals surface area (Å²) >= 11 is 0. The van der Waals surface area contributed by atoms with Gasteiger partial charge >= 0.3 is 0 Å². The number of anilines is 2. The lowest BCUT2D eigenvalue weighted by Crippen LogP contribution is -2.36. The number of rotatable bonds is 4. The Balaban J connectivity index is 1.47. The van der Waals surface area contributed by atoms with Gasteiger partial charge in [-0.15, -0.1) is 0 Å². The normalized spacial score (nSPS) is 17.6. The Bertz CT molecular complexity index is 823. The Morgan fingerprint density at radius 2 is 1.81 bits per heavy atom. The van der Waals surface area contributed by atoms with Gasteiger partial charge in [0.2, 0.25) is 11.8 Å². The number of benzene rings is 2. The summed E-state index contributed by atoms with van der Waals surface area (Å²) in [5.41, 5.74) is 3.51. The average Bonchev–Trinajstić information content (AvgIpc) is 2.93. The zero-order valence-electron chi connectivity index (χ0n) is 14.9. The lowest BCUT2D eigenvalue weighted by atomic mass is 9.70. The molecule has 2 aromatic rings. The Morgan fingerprint density at radius 1 is 1.04 bits per heavy atom. The molecular formula is C22H24N2O2. The molecule has 4 heteroatoms. The number of amides is 2. The van der Waals surface area contributed by atoms with Crippen LogP contribution in [0, 0.1) is 0 Å². The molecule has 4 rings (SSSR count). The van der Waals surface area contributed by atoms with Crippen molar-refractivity contribution in [2.75, 3.05) is 10.6 Å². The lowest BCUT2D eigenvalue weighted by molar-refractivity contribution is -0.122. The molecule has 0 radical (unpaired) electrons. The fourth-order valence-corrected chi connectivity index (χ4v) is 4.27. The van der Waals surface area contributed by atoms with E-state index in [9.17, 15) is 9.59 Å². The summed E-state index contributed by atoms with van der Waals surface area (Å²) in [6.45, 7) is 0. The maximum Gasteiger partial charge on any atom is 0.235 e. The zero-order chi connectivity index (χ0) is 18.0. The Kier molecular flexibility index (Phi) is 4.49. The fourth-order valence-electron chi connectivity index (χ4n) is 4.27. The summed E-state index contributed by atoms with van der Waals surface area (Å²) in [6.07, 6.45) is 6.33. The SMILES string of the molecule is O=C(CCc1ccccc1)Nc1ccc2c(c1)C1(CCCCC1)C(=O)N2. The van der Waals surface area contributed by atoms with Gasteiger partial charge in [0.1, 0.15) is 0 Å². The molecule has 2 N–H and O–H groups in total. The van der Waals surface area contributed by atoms with Gasteiger partial charge in [0.25, 0.3) is 0 Å². The molecule has 0 aromatic heterocycles. The van der Waals surface area contributed by atoms with Crippen molar-refractivity contribution < 1.29 is 9.59 Å². The highest BCUT2D eigenvalue weighted by Gasteiger charge is 2.47. The molecular weight excluding hydrogens is 324 g/mol. The first kappa shape index (κ1) is 16.8. The van der Waals surface area contributed by atoms with Crippen LogP contribution in [0.1, 0.15) is 49.7 Å². The molecule has 134 valence electrons. The van der Waals surface area contributed by atoms with Crippen molar-refractivity contribution in [3.8, 4) is 0 Å². The first-order valence-corrected chi connectivity index (χ1v) is 9.47. The van der Waals surface area contributed by atoms with E-state index >= 15 is 0 Å². The van der Waals surface area contributed by atoms with Crippen molar-refractivity contribution >= 4 is 23.2 Å². The second-order valence-corrected chi connectivity index (χ2v) is 7.39. The van der Waals surface area contributed by atoms with Crippen LogP contribution in [0.25, 0.3) is 0 Å². The molecule has 0 saturated heterocycles. The van der Waals surface area contributed by atoms with Gasteiger partial charge in [-0.2, -0.15) is 0 Å². The van der Waals surface area contributed by atoms with E-state index in [1.807, 2.05) is 48.5 Å². The highest BCUT2D eigenvalue weighted by atomic mass is 16.2. The van der Waals surface area contributed by atoms with Gasteiger partial charge in [-0.1, -0.05) is 49.6 Å². The van der Waals surface area contributed by atoms with E-state index in [-0.39, 0.29) is 11.8 Å². The third-order valence-electron chi connectivity index (χ3n) is 5.69. The van der Waals surface area contributed by atoms with Crippen molar-refractivity contribution in [2.45, 2.75) is 50.4 Å². The highest BCUT2D eigenvalue weighted by molar-refractivity contribution is 6.07. The Hall–Kier alpha value is -2.62. The molecule has 1 fully saturated rings. The molecule has 1 saturated carbocycles. The minimum atomic E-state index is -0.391. The number of hydrogen-bond acceptors (Lipinski definition) is 2. The number of aryl methyl sites for hydroxylation is 1. The predicted molar refractivity (Wildman–Crippen MR) is 103 cm³/mol. The Labute approximate surface area is 154 Å². The van der Waals surface area contributed by atoms with Crippen LogP contribution in [-0.2, 0) is 21.4 Å². The molecule has 0 unspecified atom stereocenters. The van der Waals surface area contributed by atoms with Crippen molar-refractivity contribution in [1.82, 2.24) is 0 Å². The van der Waals surface area contributed by atoms with Gasteiger partial charge in [-0.05, 0) is 48.6 Å². The number of nitrogens with one attached hydrogen (secondary N) is 2. The van der Waals surface area contributed by atoms with Crippen molar-refractivity contribution in [2.24, 2.45) is 0 Å². The molecule has 26 heavy (non-hydrogen) atoms. The zero-order valence-corrected chi connectivity index (χ0v) is 14.9. The van der Waals surface area contributed by atoms with E-state index in [4.69, 9.17) is 0 Å². The summed E-state index contributed by atoms with van der Waals surface area (Å²) in [5.74, 6) is 0.128. The third kappa shape index (κ3) is 3.12. The van der Waals surface area contributed by atoms with Crippen LogP contribution < -0.4 is 10.6 Å². The first-order valence-electron chi connectivity index (χ1n) is 9.47. The Morgan fingerprint density at radius 3 is 2.58 bits per heavy atom. The quantitative estimate of drug-likeness (QED) is 0.860. The largest absolute Gasteiger partial charge is 0.326 e. The molecule has 0 atom stereocenters. The molecule has 0 bridgehead atoms. The average molecular weight is 348 g/mol. The predicted octanol–water partition coefficient (Wildman–Crippen LogP) is 4.41. The minimum absolute atomic E-state index is 0.00350. The van der Waals surface area contributed by atoms with Crippen LogP contribution in [0.5, 0.6) is 0 Å². The molecule has 2 aromatic carbocycles. The van der Waals surface area contributed by atoms with Crippen LogP contribution in [0.3, 0.4) is 0 Å². The van der Waals surface area contributed by atoms with Crippen molar-refractivity contribution in [1.29, 1.82) is 0 Å². The van der Waals surface area contributed by atoms with Crippen LogP contribution in [0.15, 0.2) is 48.5 Å². The molecule has 1 heterocycles. The topological polar surface area (TPSA) is 58.2 Å². The maximum atomic E-state index is 12.6. The summed E-state index contributed by atoms with van der Waals surface area (Å²) in [5, 5.41) is 6.03. The third-order valence-corrected chi connectivity index (χ3v) is 5.69. The van der Waals surface area contributed by atoms with E-state index in [0.717, 1.165) is 54.6 Å². The van der Waals surface area contributed by atoms with E-state index in [0.29, 0.717) is 6.42 Å². The molecule has 2 amide bonds. The van der Waals surface area contributed by atoms with Gasteiger partial charge in [0, 0.05) is 17.8 Å². The van der Waals surface area contributed by atoms with E-state index in [1.54, 1.807) is 0 Å². The first-order chi connectivity index (χ1) is 12.7. The van der Waals surface area contributed by atoms with E-state index < -0.39 is 5.41 Å². The van der Waals surface area contributed by atoms with Crippen LogP contribution in [-0.4, -0.2) is 11.8 Å². The van der Waals surface area contributed by atoms with Gasteiger partial charge in [-0.3, -0.25) is 9.59 Å². The van der Waals surface area contributed by atoms with Crippen LogP contribution in [0.2, 0.25) is 0 Å². The molecule has 4 nitrogen and oxygen atoms in total. The maximum absolute atomic E-state index is 12.6. The van der Waals surface area contributed by atoms with Crippen molar-refractivity contribution in [3.63, 3.8) is 0 Å². The van der Waals surface area contributed by atoms with Gasteiger partial charge in [-0.25, -0.2) is 0 Å². The summed E-state index contributed by atoms with van der Waals surface area (Å²) in [7, 11) is 0. The van der Waals surface area contributed by atoms with Crippen molar-refractivity contribution in [3.05, 3.63) is 59.7 Å². The van der Waals surface area contributed by atoms with Gasteiger partial charge < -0.3 is 10.6 Å². The number of hydrogen-bond donors (Lipinski definition) is 2. The summed E-state index contributed by atoms with van der Waals surface area (Å²) in [6, 6.07) is 15.8. The van der Waals surface area contributed by atoms with E-state index in [2.05, 4.69) is 10.6 Å². The second kappa shape index (κ2) is 6.94. The molecule has 1 spiro atoms. The van der Waals surface area contributed by atoms with Crippen LogP contribution >= 0.6 is 0 Å². The van der Waals surface area contributed by atoms with E-state index in [1.165, 1.54) is 6.42 Å². The smallest absolute Gasteiger partial charge is 0.235 e. The standard InChI is InChI=1S/C22H24N2O2/c25-20(12-9-16-7-3-1-4-8-16)23-17-10-11-19-18(15-17)22(21(26)24-19)13-5-2-6-14-22/h1,3-4,7-8,10-11,15H,2,5-6,9,12-14H2,(H,23,25)(H,24,26). The number of carbonyl (C=O) groups is 2. The highest BCUT2D eigenvalue weighted by Crippen LogP contribution is 2.48. The minimum Gasteiger partial charge on any atom is -0.326 e. The lowest BCUT2D eigenvalue weighted by Gasteiger charge is -2.31. The van der Waals surface area contributed by atoms with Crippen LogP contribution in [0.4, 0.5) is 11.4 Å². The second-order valence-electron chi connectivity index (χ2n) is 7.39. The van der Waals surface area contributed by atoms with Gasteiger partial charge in [0.15, 0.2) is 0 Å². The number of fused-ring (bicyclic) bond motifs is 2. The molecule has 1 aliphatic heterocycles. The summed E-state index contributed by atoms with van der Waals surface area (Å²) in [4.78, 5) is 24.9. The fraction of sp³-hybridized carbons (Fsp3) is 0.364. The number of carbonyl (C=O) groups excluding carboxylic acids is 2. The monoisotopic (exact) mass is 348 g/mol. The van der Waals surface area contributed by atoms with Gasteiger partial charge in [0.05, 0.1) is 5.41 Å². The molecule has 2 aliphatic rings. The molecule has 1 aliphatic carbocycles. The summed E-state index contributed by atoms with van der Waals surface area (Å²) < 4.78 is 0.